The minimum absolute atomic E-state index is 0.109. The molecule has 0 saturated heterocycles. The van der Waals surface area contributed by atoms with Gasteiger partial charge in [-0.15, -0.1) is 6.42 Å². The van der Waals surface area contributed by atoms with Gasteiger partial charge in [0.1, 0.15) is 0 Å². The Morgan fingerprint density at radius 3 is 2.33 bits per heavy atom. The SMILES string of the molecule is C#Cc1cnc(-c2ccccc2)c(C(F)(F)F)c1. The summed E-state index contributed by atoms with van der Waals surface area (Å²) in [5, 5.41) is 0. The molecule has 18 heavy (non-hydrogen) atoms. The molecule has 0 N–H and O–H groups in total. The van der Waals surface area contributed by atoms with Crippen molar-refractivity contribution in [2.75, 3.05) is 0 Å². The van der Waals surface area contributed by atoms with Crippen LogP contribution in [-0.4, -0.2) is 4.98 Å². The number of halogens is 3. The van der Waals surface area contributed by atoms with Crippen molar-refractivity contribution in [1.82, 2.24) is 4.98 Å². The molecule has 2 rings (SSSR count). The number of pyridine rings is 1. The molecule has 90 valence electrons. The van der Waals surface area contributed by atoms with Crippen LogP contribution in [-0.2, 0) is 6.18 Å². The van der Waals surface area contributed by atoms with Crippen molar-refractivity contribution in [2.24, 2.45) is 0 Å². The topological polar surface area (TPSA) is 12.9 Å². The molecule has 0 radical (unpaired) electrons. The number of nitrogens with zero attached hydrogens (tertiary/aromatic N) is 1. The predicted octanol–water partition coefficient (Wildman–Crippen LogP) is 3.75. The van der Waals surface area contributed by atoms with Crippen molar-refractivity contribution >= 4 is 0 Å². The lowest BCUT2D eigenvalue weighted by Crippen LogP contribution is -2.09. The second kappa shape index (κ2) is 4.53. The first-order valence-corrected chi connectivity index (χ1v) is 5.11. The van der Waals surface area contributed by atoms with Crippen LogP contribution in [0.25, 0.3) is 11.3 Å². The number of aromatic nitrogens is 1. The molecule has 1 nitrogen and oxygen atoms in total. The highest BCUT2D eigenvalue weighted by atomic mass is 19.4. The third-order valence-corrected chi connectivity index (χ3v) is 2.41. The van der Waals surface area contributed by atoms with Crippen LogP contribution in [0.2, 0.25) is 0 Å². The van der Waals surface area contributed by atoms with E-state index in [1.54, 1.807) is 30.3 Å². The van der Waals surface area contributed by atoms with Crippen molar-refractivity contribution in [3.63, 3.8) is 0 Å². The molecule has 1 heterocycles. The molecule has 0 atom stereocenters. The average Bonchev–Trinajstić information content (AvgIpc) is 2.38. The van der Waals surface area contributed by atoms with Crippen LogP contribution in [0.15, 0.2) is 42.6 Å². The van der Waals surface area contributed by atoms with Crippen LogP contribution >= 0.6 is 0 Å². The van der Waals surface area contributed by atoms with Gasteiger partial charge in [0.2, 0.25) is 0 Å². The number of hydrogen-bond donors (Lipinski definition) is 0. The summed E-state index contributed by atoms with van der Waals surface area (Å²) in [5.74, 6) is 2.16. The predicted molar refractivity (Wildman–Crippen MR) is 62.6 cm³/mol. The monoisotopic (exact) mass is 247 g/mol. The van der Waals surface area contributed by atoms with Gasteiger partial charge in [0.25, 0.3) is 0 Å². The zero-order valence-corrected chi connectivity index (χ0v) is 9.20. The van der Waals surface area contributed by atoms with E-state index >= 15 is 0 Å². The Kier molecular flexibility index (Phi) is 3.07. The van der Waals surface area contributed by atoms with Crippen molar-refractivity contribution < 1.29 is 13.2 Å². The lowest BCUT2D eigenvalue weighted by atomic mass is 10.0. The summed E-state index contributed by atoms with van der Waals surface area (Å²) in [7, 11) is 0. The summed E-state index contributed by atoms with van der Waals surface area (Å²) in [6, 6.07) is 9.14. The molecule has 0 bridgehead atoms. The van der Waals surface area contributed by atoms with Gasteiger partial charge in [-0.25, -0.2) is 0 Å². The van der Waals surface area contributed by atoms with Gasteiger partial charge in [-0.2, -0.15) is 13.2 Å². The molecule has 1 aromatic carbocycles. The van der Waals surface area contributed by atoms with E-state index in [1.165, 1.54) is 6.20 Å². The maximum atomic E-state index is 12.9. The summed E-state index contributed by atoms with van der Waals surface area (Å²) >= 11 is 0. The van der Waals surface area contributed by atoms with Crippen LogP contribution in [0.5, 0.6) is 0 Å². The Bertz CT molecular complexity index is 595. The molecule has 0 aliphatic heterocycles. The summed E-state index contributed by atoms with van der Waals surface area (Å²) in [6.07, 6.45) is 1.87. The summed E-state index contributed by atoms with van der Waals surface area (Å²) in [6.45, 7) is 0. The van der Waals surface area contributed by atoms with Gasteiger partial charge in [0.05, 0.1) is 11.3 Å². The third-order valence-electron chi connectivity index (χ3n) is 2.41. The molecule has 0 aliphatic rings. The number of alkyl halides is 3. The number of terminal acetylenes is 1. The Labute approximate surface area is 102 Å². The van der Waals surface area contributed by atoms with E-state index in [-0.39, 0.29) is 11.3 Å². The van der Waals surface area contributed by atoms with E-state index in [0.717, 1.165) is 6.07 Å². The van der Waals surface area contributed by atoms with E-state index in [0.29, 0.717) is 5.56 Å². The summed E-state index contributed by atoms with van der Waals surface area (Å²) < 4.78 is 38.8. The van der Waals surface area contributed by atoms with Gasteiger partial charge in [0.15, 0.2) is 0 Å². The Morgan fingerprint density at radius 1 is 1.11 bits per heavy atom. The van der Waals surface area contributed by atoms with Gasteiger partial charge in [0, 0.05) is 17.3 Å². The Hall–Kier alpha value is -2.28. The number of rotatable bonds is 1. The molecule has 0 aliphatic carbocycles. The first-order valence-electron chi connectivity index (χ1n) is 5.11. The molecule has 1 aromatic heterocycles. The van der Waals surface area contributed by atoms with Gasteiger partial charge < -0.3 is 0 Å². The molecule has 0 fully saturated rings. The lowest BCUT2D eigenvalue weighted by molar-refractivity contribution is -0.137. The highest BCUT2D eigenvalue weighted by Crippen LogP contribution is 2.36. The van der Waals surface area contributed by atoms with Crippen LogP contribution < -0.4 is 0 Å². The molecular weight excluding hydrogens is 239 g/mol. The van der Waals surface area contributed by atoms with E-state index in [9.17, 15) is 13.2 Å². The smallest absolute Gasteiger partial charge is 0.254 e. The van der Waals surface area contributed by atoms with Crippen molar-refractivity contribution in [3.8, 4) is 23.6 Å². The number of hydrogen-bond acceptors (Lipinski definition) is 1. The van der Waals surface area contributed by atoms with E-state index in [1.807, 2.05) is 0 Å². The molecule has 2 aromatic rings. The minimum Gasteiger partial charge on any atom is -0.254 e. The van der Waals surface area contributed by atoms with Crippen LogP contribution in [0.1, 0.15) is 11.1 Å². The van der Waals surface area contributed by atoms with Crippen molar-refractivity contribution in [2.45, 2.75) is 6.18 Å². The Balaban J connectivity index is 2.65. The fraction of sp³-hybridized carbons (Fsp3) is 0.0714. The fourth-order valence-corrected chi connectivity index (χ4v) is 1.59. The maximum absolute atomic E-state index is 12.9. The van der Waals surface area contributed by atoms with Crippen molar-refractivity contribution in [1.29, 1.82) is 0 Å². The lowest BCUT2D eigenvalue weighted by Gasteiger charge is -2.12. The quantitative estimate of drug-likeness (QED) is 0.699. The fourth-order valence-electron chi connectivity index (χ4n) is 1.59. The second-order valence-corrected chi connectivity index (χ2v) is 3.63. The molecular formula is C14H8F3N. The highest BCUT2D eigenvalue weighted by molar-refractivity contribution is 5.64. The standard InChI is InChI=1S/C14H8F3N/c1-2-10-8-12(14(15,16)17)13(18-9-10)11-6-4-3-5-7-11/h1,3-9H. The minimum atomic E-state index is -4.48. The second-order valence-electron chi connectivity index (χ2n) is 3.63. The molecule has 0 spiro atoms. The largest absolute Gasteiger partial charge is 0.418 e. The van der Waals surface area contributed by atoms with Gasteiger partial charge >= 0.3 is 6.18 Å². The summed E-state index contributed by atoms with van der Waals surface area (Å²) in [4.78, 5) is 3.82. The van der Waals surface area contributed by atoms with E-state index in [4.69, 9.17) is 6.42 Å². The number of benzene rings is 1. The van der Waals surface area contributed by atoms with Crippen LogP contribution in [0, 0.1) is 12.3 Å². The normalized spacial score (nSPS) is 11.0. The first-order chi connectivity index (χ1) is 8.52. The zero-order chi connectivity index (χ0) is 13.2. The summed E-state index contributed by atoms with van der Waals surface area (Å²) in [5.41, 5.74) is -0.401. The third kappa shape index (κ3) is 2.35. The molecule has 0 saturated carbocycles. The van der Waals surface area contributed by atoms with Gasteiger partial charge in [-0.05, 0) is 6.07 Å². The highest BCUT2D eigenvalue weighted by Gasteiger charge is 2.34. The van der Waals surface area contributed by atoms with Crippen LogP contribution in [0.3, 0.4) is 0 Å². The van der Waals surface area contributed by atoms with Crippen molar-refractivity contribution in [3.05, 3.63) is 53.7 Å². The van der Waals surface area contributed by atoms with Gasteiger partial charge in [-0.1, -0.05) is 36.3 Å². The van der Waals surface area contributed by atoms with E-state index < -0.39 is 11.7 Å². The average molecular weight is 247 g/mol. The molecule has 0 unspecified atom stereocenters. The van der Waals surface area contributed by atoms with Gasteiger partial charge in [-0.3, -0.25) is 4.98 Å². The zero-order valence-electron chi connectivity index (χ0n) is 9.20. The maximum Gasteiger partial charge on any atom is 0.418 e. The van der Waals surface area contributed by atoms with Crippen LogP contribution in [0.4, 0.5) is 13.2 Å². The molecule has 0 amide bonds. The first kappa shape index (κ1) is 12.2. The van der Waals surface area contributed by atoms with E-state index in [2.05, 4.69) is 10.9 Å². The Morgan fingerprint density at radius 2 is 1.78 bits per heavy atom. The molecule has 4 heteroatoms.